The van der Waals surface area contributed by atoms with E-state index in [1.807, 2.05) is 0 Å². The number of carbonyl (C=O) groups excluding carboxylic acids is 1. The predicted molar refractivity (Wildman–Crippen MR) is 85.9 cm³/mol. The van der Waals surface area contributed by atoms with Crippen molar-refractivity contribution in [3.8, 4) is 0 Å². The van der Waals surface area contributed by atoms with Crippen LogP contribution in [0, 0.1) is 0 Å². The number of nitrogens with one attached hydrogen (secondary N) is 1. The highest BCUT2D eigenvalue weighted by molar-refractivity contribution is 5.72. The number of amides is 1. The summed E-state index contributed by atoms with van der Waals surface area (Å²) in [6.45, 7) is 2.11. The van der Waals surface area contributed by atoms with E-state index in [9.17, 15) is 4.79 Å². The van der Waals surface area contributed by atoms with Crippen LogP contribution in [0.2, 0.25) is 0 Å². The number of hydrogen-bond donors (Lipinski definition) is 2. The van der Waals surface area contributed by atoms with Crippen LogP contribution in [0.5, 0.6) is 0 Å². The third kappa shape index (κ3) is 3.44. The molecule has 116 valence electrons. The van der Waals surface area contributed by atoms with Gasteiger partial charge < -0.3 is 11.1 Å². The maximum Gasteiger partial charge on any atom is 0.216 e. The van der Waals surface area contributed by atoms with Crippen molar-refractivity contribution >= 4 is 5.91 Å². The van der Waals surface area contributed by atoms with Crippen LogP contribution in [0.15, 0.2) is 30.3 Å². The minimum Gasteiger partial charge on any atom is -0.355 e. The van der Waals surface area contributed by atoms with E-state index >= 15 is 0 Å². The fourth-order valence-electron chi connectivity index (χ4n) is 3.38. The molecule has 2 rings (SSSR count). The Balaban J connectivity index is 2.13. The molecule has 0 aromatic heterocycles. The SMILES string of the molecule is CC(=O)NCC1(N)CCC(c2ccccc2)(N(C)C)CC1. The topological polar surface area (TPSA) is 58.4 Å². The molecule has 1 amide bonds. The van der Waals surface area contributed by atoms with E-state index in [1.165, 1.54) is 5.56 Å². The van der Waals surface area contributed by atoms with Crippen molar-refractivity contribution in [3.63, 3.8) is 0 Å². The van der Waals surface area contributed by atoms with Crippen LogP contribution in [0.1, 0.15) is 38.2 Å². The Bertz CT molecular complexity index is 476. The van der Waals surface area contributed by atoms with E-state index in [-0.39, 0.29) is 17.0 Å². The van der Waals surface area contributed by atoms with E-state index in [2.05, 4.69) is 54.6 Å². The zero-order valence-electron chi connectivity index (χ0n) is 13.4. The van der Waals surface area contributed by atoms with E-state index in [4.69, 9.17) is 5.73 Å². The number of benzene rings is 1. The van der Waals surface area contributed by atoms with E-state index in [1.54, 1.807) is 6.92 Å². The van der Waals surface area contributed by atoms with Gasteiger partial charge in [-0.05, 0) is 45.3 Å². The Hall–Kier alpha value is -1.39. The van der Waals surface area contributed by atoms with Gasteiger partial charge in [-0.15, -0.1) is 0 Å². The number of carbonyl (C=O) groups is 1. The van der Waals surface area contributed by atoms with Gasteiger partial charge in [-0.2, -0.15) is 0 Å². The Morgan fingerprint density at radius 3 is 2.24 bits per heavy atom. The first-order chi connectivity index (χ1) is 9.88. The standard InChI is InChI=1S/C17H27N3O/c1-14(21)19-13-16(18)9-11-17(12-10-16,20(2)3)15-7-5-4-6-8-15/h4-8H,9-13,18H2,1-3H3,(H,19,21). The van der Waals surface area contributed by atoms with Crippen molar-refractivity contribution in [1.29, 1.82) is 0 Å². The molecule has 0 spiro atoms. The molecule has 0 saturated heterocycles. The predicted octanol–water partition coefficient (Wildman–Crippen LogP) is 1.85. The summed E-state index contributed by atoms with van der Waals surface area (Å²) < 4.78 is 0. The molecular formula is C17H27N3O. The average Bonchev–Trinajstić information content (AvgIpc) is 2.47. The van der Waals surface area contributed by atoms with Crippen LogP contribution in [-0.2, 0) is 10.3 Å². The van der Waals surface area contributed by atoms with Gasteiger partial charge in [-0.1, -0.05) is 30.3 Å². The maximum atomic E-state index is 11.1. The molecule has 3 N–H and O–H groups in total. The van der Waals surface area contributed by atoms with Crippen molar-refractivity contribution in [2.75, 3.05) is 20.6 Å². The average molecular weight is 289 g/mol. The molecule has 1 aliphatic rings. The molecule has 21 heavy (non-hydrogen) atoms. The van der Waals surface area contributed by atoms with Gasteiger partial charge in [-0.3, -0.25) is 9.69 Å². The highest BCUT2D eigenvalue weighted by atomic mass is 16.1. The molecule has 1 aromatic carbocycles. The van der Waals surface area contributed by atoms with Gasteiger partial charge in [0.25, 0.3) is 0 Å². The lowest BCUT2D eigenvalue weighted by Gasteiger charge is -2.49. The quantitative estimate of drug-likeness (QED) is 0.889. The Labute approximate surface area is 127 Å². The van der Waals surface area contributed by atoms with Crippen LogP contribution < -0.4 is 11.1 Å². The summed E-state index contributed by atoms with van der Waals surface area (Å²) in [6.07, 6.45) is 3.86. The van der Waals surface area contributed by atoms with Crippen LogP contribution in [0.25, 0.3) is 0 Å². The van der Waals surface area contributed by atoms with Gasteiger partial charge in [0, 0.05) is 24.5 Å². The van der Waals surface area contributed by atoms with Crippen LogP contribution in [-0.4, -0.2) is 37.0 Å². The van der Waals surface area contributed by atoms with Gasteiger partial charge in [0.2, 0.25) is 5.91 Å². The monoisotopic (exact) mass is 289 g/mol. The van der Waals surface area contributed by atoms with Gasteiger partial charge in [0.15, 0.2) is 0 Å². The fourth-order valence-corrected chi connectivity index (χ4v) is 3.38. The van der Waals surface area contributed by atoms with Gasteiger partial charge in [-0.25, -0.2) is 0 Å². The molecule has 0 unspecified atom stereocenters. The molecule has 0 heterocycles. The lowest BCUT2D eigenvalue weighted by molar-refractivity contribution is -0.119. The highest BCUT2D eigenvalue weighted by Crippen LogP contribution is 2.43. The van der Waals surface area contributed by atoms with Gasteiger partial charge in [0.1, 0.15) is 0 Å². The summed E-state index contributed by atoms with van der Waals surface area (Å²) >= 11 is 0. The van der Waals surface area contributed by atoms with Crippen molar-refractivity contribution in [3.05, 3.63) is 35.9 Å². The van der Waals surface area contributed by atoms with E-state index < -0.39 is 0 Å². The molecule has 0 aliphatic heterocycles. The summed E-state index contributed by atoms with van der Waals surface area (Å²) in [5.74, 6) is -0.00710. The second kappa shape index (κ2) is 6.16. The minimum absolute atomic E-state index is 0.00710. The molecule has 4 heteroatoms. The lowest BCUT2D eigenvalue weighted by atomic mass is 9.69. The molecule has 4 nitrogen and oxygen atoms in total. The smallest absolute Gasteiger partial charge is 0.216 e. The summed E-state index contributed by atoms with van der Waals surface area (Å²) in [6, 6.07) is 10.7. The molecule has 0 radical (unpaired) electrons. The zero-order valence-corrected chi connectivity index (χ0v) is 13.4. The molecule has 1 aromatic rings. The molecule has 1 aliphatic carbocycles. The first-order valence-electron chi connectivity index (χ1n) is 7.64. The molecule has 0 bridgehead atoms. The highest BCUT2D eigenvalue weighted by Gasteiger charge is 2.43. The summed E-state index contributed by atoms with van der Waals surface area (Å²) in [5, 5.41) is 2.87. The van der Waals surface area contributed by atoms with Crippen LogP contribution in [0.3, 0.4) is 0 Å². The number of nitrogens with two attached hydrogens (primary N) is 1. The Morgan fingerprint density at radius 1 is 1.19 bits per heavy atom. The largest absolute Gasteiger partial charge is 0.355 e. The third-order valence-electron chi connectivity index (χ3n) is 4.93. The molecule has 1 fully saturated rings. The second-order valence-corrected chi connectivity index (χ2v) is 6.56. The number of hydrogen-bond acceptors (Lipinski definition) is 3. The van der Waals surface area contributed by atoms with Crippen molar-refractivity contribution < 1.29 is 4.79 Å². The third-order valence-corrected chi connectivity index (χ3v) is 4.93. The normalized spacial score (nSPS) is 29.4. The number of nitrogens with zero attached hydrogens (tertiary/aromatic N) is 1. The molecule has 0 atom stereocenters. The second-order valence-electron chi connectivity index (χ2n) is 6.56. The van der Waals surface area contributed by atoms with Crippen LogP contribution >= 0.6 is 0 Å². The molecule has 1 saturated carbocycles. The van der Waals surface area contributed by atoms with Crippen molar-refractivity contribution in [2.45, 2.75) is 43.7 Å². The van der Waals surface area contributed by atoms with Gasteiger partial charge in [0.05, 0.1) is 0 Å². The van der Waals surface area contributed by atoms with E-state index in [0.29, 0.717) is 6.54 Å². The number of rotatable bonds is 4. The van der Waals surface area contributed by atoms with Crippen molar-refractivity contribution in [1.82, 2.24) is 10.2 Å². The fraction of sp³-hybridized carbons (Fsp3) is 0.588. The minimum atomic E-state index is -0.278. The summed E-state index contributed by atoms with van der Waals surface area (Å²) in [5.41, 5.74) is 7.61. The summed E-state index contributed by atoms with van der Waals surface area (Å²) in [7, 11) is 4.29. The maximum absolute atomic E-state index is 11.1. The van der Waals surface area contributed by atoms with Crippen molar-refractivity contribution in [2.24, 2.45) is 5.73 Å². The Morgan fingerprint density at radius 2 is 1.76 bits per heavy atom. The molecular weight excluding hydrogens is 262 g/mol. The summed E-state index contributed by atoms with van der Waals surface area (Å²) in [4.78, 5) is 13.4. The zero-order chi connectivity index (χ0) is 15.5. The lowest BCUT2D eigenvalue weighted by Crippen LogP contribution is -2.57. The van der Waals surface area contributed by atoms with Gasteiger partial charge >= 0.3 is 0 Å². The Kier molecular flexibility index (Phi) is 4.69. The van der Waals surface area contributed by atoms with E-state index in [0.717, 1.165) is 25.7 Å². The van der Waals surface area contributed by atoms with Crippen LogP contribution in [0.4, 0.5) is 0 Å². The first-order valence-corrected chi connectivity index (χ1v) is 7.64. The first kappa shape index (κ1) is 16.0.